The number of aromatic nitrogens is 1. The van der Waals surface area contributed by atoms with Crippen molar-refractivity contribution in [2.45, 2.75) is 6.92 Å². The van der Waals surface area contributed by atoms with Crippen LogP contribution in [0, 0.1) is 22.9 Å². The largest absolute Gasteiger partial charge is 0.273 e. The Kier molecular flexibility index (Phi) is 2.94. The quantitative estimate of drug-likeness (QED) is 0.521. The third kappa shape index (κ3) is 2.14. The van der Waals surface area contributed by atoms with Gasteiger partial charge in [-0.1, -0.05) is 12.1 Å². The van der Waals surface area contributed by atoms with Gasteiger partial charge >= 0.3 is 0 Å². The molecule has 0 fully saturated rings. The molecule has 1 heterocycles. The smallest absolute Gasteiger partial charge is 0.258 e. The molecule has 0 aliphatic rings. The minimum Gasteiger partial charge on any atom is -0.258 e. The van der Waals surface area contributed by atoms with Gasteiger partial charge in [0.25, 0.3) is 5.69 Å². The number of aryl methyl sites for hydroxylation is 1. The van der Waals surface area contributed by atoms with Gasteiger partial charge in [-0.25, -0.2) is 9.37 Å². The highest BCUT2D eigenvalue weighted by atomic mass is 32.1. The van der Waals surface area contributed by atoms with E-state index in [9.17, 15) is 14.5 Å². The number of hydrogen-bond donors (Lipinski definition) is 0. The molecule has 0 spiro atoms. The Labute approximate surface area is 117 Å². The van der Waals surface area contributed by atoms with Crippen LogP contribution >= 0.6 is 11.3 Å². The first-order chi connectivity index (χ1) is 9.54. The molecule has 1 aromatic heterocycles. The molecule has 20 heavy (non-hydrogen) atoms. The van der Waals surface area contributed by atoms with Crippen LogP contribution in [-0.2, 0) is 0 Å². The Bertz CT molecular complexity index is 829. The van der Waals surface area contributed by atoms with Crippen molar-refractivity contribution in [2.75, 3.05) is 0 Å². The van der Waals surface area contributed by atoms with Gasteiger partial charge in [-0.2, -0.15) is 0 Å². The Morgan fingerprint density at radius 2 is 2.05 bits per heavy atom. The Hall–Kier alpha value is -2.34. The molecular weight excluding hydrogens is 279 g/mol. The molecule has 0 bridgehead atoms. The maximum absolute atomic E-state index is 13.2. The fraction of sp³-hybridized carbons (Fsp3) is 0.0714. The summed E-state index contributed by atoms with van der Waals surface area (Å²) in [5, 5.41) is 11.6. The number of nitrogens with zero attached hydrogens (tertiary/aromatic N) is 2. The summed E-state index contributed by atoms with van der Waals surface area (Å²) in [4.78, 5) is 14.9. The first-order valence-electron chi connectivity index (χ1n) is 5.86. The average molecular weight is 288 g/mol. The summed E-state index contributed by atoms with van der Waals surface area (Å²) in [6.45, 7) is 1.69. The van der Waals surface area contributed by atoms with E-state index in [1.165, 1.54) is 29.5 Å². The molecule has 3 aromatic rings. The van der Waals surface area contributed by atoms with E-state index in [0.29, 0.717) is 21.7 Å². The van der Waals surface area contributed by atoms with Gasteiger partial charge in [-0.3, -0.25) is 10.1 Å². The van der Waals surface area contributed by atoms with Crippen molar-refractivity contribution >= 4 is 27.2 Å². The Morgan fingerprint density at radius 1 is 1.25 bits per heavy atom. The van der Waals surface area contributed by atoms with Crippen molar-refractivity contribution in [3.05, 3.63) is 57.9 Å². The van der Waals surface area contributed by atoms with E-state index in [2.05, 4.69) is 4.98 Å². The molecule has 0 aliphatic heterocycles. The van der Waals surface area contributed by atoms with E-state index in [1.54, 1.807) is 25.1 Å². The van der Waals surface area contributed by atoms with E-state index < -0.39 is 4.92 Å². The van der Waals surface area contributed by atoms with Gasteiger partial charge in [-0.05, 0) is 25.1 Å². The van der Waals surface area contributed by atoms with Gasteiger partial charge < -0.3 is 0 Å². The second kappa shape index (κ2) is 4.64. The molecule has 3 rings (SSSR count). The molecule has 0 N–H and O–H groups in total. The molecule has 0 saturated heterocycles. The zero-order valence-corrected chi connectivity index (χ0v) is 11.3. The summed E-state index contributed by atoms with van der Waals surface area (Å²) in [7, 11) is 0. The SMILES string of the molecule is Cc1ccc(-c2nc3ccc(F)cc3s2)cc1[N+](=O)[O-]. The van der Waals surface area contributed by atoms with Crippen molar-refractivity contribution < 1.29 is 9.31 Å². The maximum Gasteiger partial charge on any atom is 0.273 e. The summed E-state index contributed by atoms with van der Waals surface area (Å²) < 4.78 is 13.9. The monoisotopic (exact) mass is 288 g/mol. The summed E-state index contributed by atoms with van der Waals surface area (Å²) in [5.74, 6) is -0.317. The summed E-state index contributed by atoms with van der Waals surface area (Å²) in [6.07, 6.45) is 0. The summed E-state index contributed by atoms with van der Waals surface area (Å²) >= 11 is 1.32. The number of thiazole rings is 1. The molecule has 4 nitrogen and oxygen atoms in total. The lowest BCUT2D eigenvalue weighted by Crippen LogP contribution is -1.91. The second-order valence-corrected chi connectivity index (χ2v) is 5.42. The Morgan fingerprint density at radius 3 is 2.80 bits per heavy atom. The van der Waals surface area contributed by atoms with E-state index in [0.717, 1.165) is 4.70 Å². The van der Waals surface area contributed by atoms with Gasteiger partial charge in [0, 0.05) is 17.2 Å². The minimum absolute atomic E-state index is 0.0629. The van der Waals surface area contributed by atoms with Crippen LogP contribution in [0.2, 0.25) is 0 Å². The molecule has 0 atom stereocenters. The normalized spacial score (nSPS) is 10.9. The van der Waals surface area contributed by atoms with Crippen molar-refractivity contribution in [3.63, 3.8) is 0 Å². The number of nitro benzene ring substituents is 1. The van der Waals surface area contributed by atoms with E-state index in [-0.39, 0.29) is 11.5 Å². The van der Waals surface area contributed by atoms with Crippen LogP contribution in [0.25, 0.3) is 20.8 Å². The highest BCUT2D eigenvalue weighted by molar-refractivity contribution is 7.21. The first kappa shape index (κ1) is 12.7. The number of hydrogen-bond acceptors (Lipinski definition) is 4. The van der Waals surface area contributed by atoms with E-state index >= 15 is 0 Å². The molecule has 0 radical (unpaired) electrons. The van der Waals surface area contributed by atoms with E-state index in [1.807, 2.05) is 0 Å². The zero-order valence-electron chi connectivity index (χ0n) is 10.5. The van der Waals surface area contributed by atoms with Crippen molar-refractivity contribution in [3.8, 4) is 10.6 Å². The zero-order chi connectivity index (χ0) is 14.3. The van der Waals surface area contributed by atoms with Crippen LogP contribution in [0.15, 0.2) is 36.4 Å². The van der Waals surface area contributed by atoms with Crippen LogP contribution in [0.1, 0.15) is 5.56 Å². The molecule has 0 amide bonds. The predicted octanol–water partition coefficient (Wildman–Crippen LogP) is 4.32. The van der Waals surface area contributed by atoms with Crippen LogP contribution in [-0.4, -0.2) is 9.91 Å². The van der Waals surface area contributed by atoms with Crippen LogP contribution < -0.4 is 0 Å². The summed E-state index contributed by atoms with van der Waals surface area (Å²) in [5.41, 5.74) is 2.03. The molecule has 0 unspecified atom stereocenters. The maximum atomic E-state index is 13.2. The van der Waals surface area contributed by atoms with Crippen LogP contribution in [0.5, 0.6) is 0 Å². The number of rotatable bonds is 2. The predicted molar refractivity (Wildman–Crippen MR) is 76.4 cm³/mol. The average Bonchev–Trinajstić information content (AvgIpc) is 2.81. The number of nitro groups is 1. The number of halogens is 1. The lowest BCUT2D eigenvalue weighted by atomic mass is 10.1. The van der Waals surface area contributed by atoms with Crippen LogP contribution in [0.4, 0.5) is 10.1 Å². The third-order valence-electron chi connectivity index (χ3n) is 3.00. The molecule has 2 aromatic carbocycles. The number of benzene rings is 2. The van der Waals surface area contributed by atoms with Gasteiger partial charge in [0.1, 0.15) is 10.8 Å². The highest BCUT2D eigenvalue weighted by Gasteiger charge is 2.14. The van der Waals surface area contributed by atoms with Crippen molar-refractivity contribution in [1.82, 2.24) is 4.98 Å². The summed E-state index contributed by atoms with van der Waals surface area (Å²) in [6, 6.07) is 9.36. The van der Waals surface area contributed by atoms with Gasteiger partial charge in [0.15, 0.2) is 0 Å². The second-order valence-electron chi connectivity index (χ2n) is 4.39. The van der Waals surface area contributed by atoms with Crippen molar-refractivity contribution in [2.24, 2.45) is 0 Å². The highest BCUT2D eigenvalue weighted by Crippen LogP contribution is 2.33. The topological polar surface area (TPSA) is 56.0 Å². The van der Waals surface area contributed by atoms with Gasteiger partial charge in [0.2, 0.25) is 0 Å². The molecule has 0 saturated carbocycles. The van der Waals surface area contributed by atoms with E-state index in [4.69, 9.17) is 0 Å². The molecular formula is C14H9FN2O2S. The number of fused-ring (bicyclic) bond motifs is 1. The first-order valence-corrected chi connectivity index (χ1v) is 6.68. The van der Waals surface area contributed by atoms with Crippen LogP contribution in [0.3, 0.4) is 0 Å². The fourth-order valence-electron chi connectivity index (χ4n) is 1.96. The minimum atomic E-state index is -0.411. The lowest BCUT2D eigenvalue weighted by molar-refractivity contribution is -0.385. The van der Waals surface area contributed by atoms with Gasteiger partial charge in [-0.15, -0.1) is 11.3 Å². The molecule has 6 heteroatoms. The standard InChI is InChI=1S/C14H9FN2O2S/c1-8-2-3-9(6-12(8)17(18)19)14-16-11-5-4-10(15)7-13(11)20-14/h2-7H,1H3. The molecule has 0 aliphatic carbocycles. The lowest BCUT2D eigenvalue weighted by Gasteiger charge is -1.99. The van der Waals surface area contributed by atoms with Crippen molar-refractivity contribution in [1.29, 1.82) is 0 Å². The third-order valence-corrected chi connectivity index (χ3v) is 4.07. The Balaban J connectivity index is 2.15. The fourth-order valence-corrected chi connectivity index (χ4v) is 2.95. The van der Waals surface area contributed by atoms with Gasteiger partial charge in [0.05, 0.1) is 15.1 Å². The molecule has 100 valence electrons.